The Morgan fingerprint density at radius 1 is 1.62 bits per heavy atom. The average Bonchev–Trinajstić information content (AvgIpc) is 2.49. The third-order valence-electron chi connectivity index (χ3n) is 1.40. The first-order chi connectivity index (χ1) is 6.18. The van der Waals surface area contributed by atoms with Crippen molar-refractivity contribution in [3.05, 3.63) is 23.4 Å². The number of aromatic carboxylic acids is 1. The maximum Gasteiger partial charge on any atom is 0.375 e. The minimum atomic E-state index is -1.19. The number of hydrogen-bond donors (Lipinski definition) is 1. The number of rotatable bonds is 1. The molecule has 0 aromatic carbocycles. The topological polar surface area (TPSA) is 80.4 Å². The molecule has 66 valence electrons. The number of carbonyl (C=O) groups is 1. The van der Waals surface area contributed by atoms with Crippen LogP contribution in [0.25, 0.3) is 5.65 Å². The molecular formula is C6H3ClN4O2. The van der Waals surface area contributed by atoms with E-state index >= 15 is 0 Å². The summed E-state index contributed by atoms with van der Waals surface area (Å²) in [5.41, 5.74) is 0.238. The van der Waals surface area contributed by atoms with Crippen LogP contribution in [0, 0.1) is 0 Å². The molecule has 2 rings (SSSR count). The van der Waals surface area contributed by atoms with E-state index in [1.807, 2.05) is 0 Å². The number of halogens is 1. The van der Waals surface area contributed by atoms with Crippen molar-refractivity contribution in [2.24, 2.45) is 0 Å². The second kappa shape index (κ2) is 2.67. The fraction of sp³-hybridized carbons (Fsp3) is 0. The van der Waals surface area contributed by atoms with Gasteiger partial charge in [0.25, 0.3) is 5.82 Å². The molecule has 0 spiro atoms. The van der Waals surface area contributed by atoms with Crippen LogP contribution >= 0.6 is 11.6 Å². The van der Waals surface area contributed by atoms with E-state index in [9.17, 15) is 4.79 Å². The molecule has 7 heteroatoms. The summed E-state index contributed by atoms with van der Waals surface area (Å²) in [7, 11) is 0. The number of hydrogen-bond acceptors (Lipinski definition) is 4. The minimum Gasteiger partial charge on any atom is -0.475 e. The Morgan fingerprint density at radius 2 is 2.38 bits per heavy atom. The fourth-order valence-corrected chi connectivity index (χ4v) is 1.06. The lowest BCUT2D eigenvalue weighted by atomic mass is 10.6. The zero-order chi connectivity index (χ0) is 9.42. The van der Waals surface area contributed by atoms with Crippen molar-refractivity contribution < 1.29 is 9.90 Å². The molecule has 0 aliphatic heterocycles. The smallest absolute Gasteiger partial charge is 0.375 e. The van der Waals surface area contributed by atoms with Gasteiger partial charge in [0.05, 0.1) is 0 Å². The van der Waals surface area contributed by atoms with Gasteiger partial charge in [0.15, 0.2) is 10.8 Å². The average molecular weight is 199 g/mol. The Bertz CT molecular complexity index is 480. The highest BCUT2D eigenvalue weighted by atomic mass is 35.5. The molecule has 0 amide bonds. The molecule has 0 saturated carbocycles. The second-order valence-corrected chi connectivity index (χ2v) is 2.58. The summed E-state index contributed by atoms with van der Waals surface area (Å²) in [5.74, 6) is -1.49. The van der Waals surface area contributed by atoms with Gasteiger partial charge in [0, 0.05) is 12.4 Å². The fourth-order valence-electron chi connectivity index (χ4n) is 0.878. The van der Waals surface area contributed by atoms with Crippen molar-refractivity contribution in [2.45, 2.75) is 0 Å². The largest absolute Gasteiger partial charge is 0.475 e. The van der Waals surface area contributed by atoms with Crippen LogP contribution < -0.4 is 0 Å². The van der Waals surface area contributed by atoms with Crippen molar-refractivity contribution >= 4 is 23.2 Å². The second-order valence-electron chi connectivity index (χ2n) is 2.23. The lowest BCUT2D eigenvalue weighted by Gasteiger charge is -1.89. The number of carboxylic acid groups (broad SMARTS) is 1. The maximum atomic E-state index is 10.5. The van der Waals surface area contributed by atoms with Crippen molar-refractivity contribution in [2.75, 3.05) is 0 Å². The summed E-state index contributed by atoms with van der Waals surface area (Å²) in [6, 6.07) is 0. The van der Waals surface area contributed by atoms with Gasteiger partial charge in [0.2, 0.25) is 0 Å². The molecule has 0 aliphatic rings. The molecule has 0 unspecified atom stereocenters. The van der Waals surface area contributed by atoms with E-state index in [0.717, 1.165) is 0 Å². The van der Waals surface area contributed by atoms with Gasteiger partial charge in [-0.05, 0) is 0 Å². The monoisotopic (exact) mass is 198 g/mol. The van der Waals surface area contributed by atoms with Crippen LogP contribution in [0.2, 0.25) is 5.15 Å². The molecule has 0 bridgehead atoms. The van der Waals surface area contributed by atoms with Gasteiger partial charge in [-0.15, -0.1) is 5.10 Å². The normalized spacial score (nSPS) is 10.5. The van der Waals surface area contributed by atoms with Crippen molar-refractivity contribution in [1.29, 1.82) is 0 Å². The molecule has 0 atom stereocenters. The van der Waals surface area contributed by atoms with Crippen LogP contribution in [0.1, 0.15) is 10.6 Å². The Morgan fingerprint density at radius 3 is 3.00 bits per heavy atom. The zero-order valence-electron chi connectivity index (χ0n) is 6.18. The molecular weight excluding hydrogens is 196 g/mol. The van der Waals surface area contributed by atoms with Crippen LogP contribution in [0.4, 0.5) is 0 Å². The molecule has 0 aliphatic carbocycles. The maximum absolute atomic E-state index is 10.5. The van der Waals surface area contributed by atoms with E-state index in [0.29, 0.717) is 0 Å². The molecule has 0 fully saturated rings. The minimum absolute atomic E-state index is 0.127. The zero-order valence-corrected chi connectivity index (χ0v) is 6.93. The lowest BCUT2D eigenvalue weighted by Crippen LogP contribution is -1.98. The van der Waals surface area contributed by atoms with Crippen LogP contribution in [0.5, 0.6) is 0 Å². The molecule has 0 radical (unpaired) electrons. The van der Waals surface area contributed by atoms with E-state index in [4.69, 9.17) is 16.7 Å². The van der Waals surface area contributed by atoms with Gasteiger partial charge in [0.1, 0.15) is 0 Å². The summed E-state index contributed by atoms with van der Waals surface area (Å²) < 4.78 is 1.26. The standard InChI is InChI=1S/C6H3ClN4O2/c7-3-5-9-4(6(12)13)10-11(5)2-1-8-3/h1-2H,(H,12,13). The first kappa shape index (κ1) is 7.93. The van der Waals surface area contributed by atoms with Gasteiger partial charge in [-0.3, -0.25) is 0 Å². The number of nitrogens with zero attached hydrogens (tertiary/aromatic N) is 4. The summed E-state index contributed by atoms with van der Waals surface area (Å²) >= 11 is 5.65. The van der Waals surface area contributed by atoms with Gasteiger partial charge in [-0.1, -0.05) is 11.6 Å². The third kappa shape index (κ3) is 1.20. The van der Waals surface area contributed by atoms with E-state index < -0.39 is 5.97 Å². The van der Waals surface area contributed by atoms with Crippen LogP contribution in [0.3, 0.4) is 0 Å². The predicted molar refractivity (Wildman–Crippen MR) is 42.8 cm³/mol. The molecule has 1 N–H and O–H groups in total. The van der Waals surface area contributed by atoms with E-state index in [-0.39, 0.29) is 16.6 Å². The Labute approximate surface area is 76.8 Å². The predicted octanol–water partition coefficient (Wildman–Crippen LogP) is 0.476. The highest BCUT2D eigenvalue weighted by Crippen LogP contribution is 2.10. The van der Waals surface area contributed by atoms with E-state index in [1.165, 1.54) is 16.9 Å². The lowest BCUT2D eigenvalue weighted by molar-refractivity contribution is 0.0684. The third-order valence-corrected chi connectivity index (χ3v) is 1.67. The molecule has 6 nitrogen and oxygen atoms in total. The van der Waals surface area contributed by atoms with Crippen molar-refractivity contribution in [3.8, 4) is 0 Å². The molecule has 2 aromatic heterocycles. The van der Waals surface area contributed by atoms with Crippen molar-refractivity contribution in [3.63, 3.8) is 0 Å². The van der Waals surface area contributed by atoms with E-state index in [1.54, 1.807) is 0 Å². The van der Waals surface area contributed by atoms with Crippen molar-refractivity contribution in [1.82, 2.24) is 19.6 Å². The van der Waals surface area contributed by atoms with Crippen LogP contribution in [-0.2, 0) is 0 Å². The number of fused-ring (bicyclic) bond motifs is 1. The summed E-state index contributed by atoms with van der Waals surface area (Å²) in [6.45, 7) is 0. The highest BCUT2D eigenvalue weighted by molar-refractivity contribution is 6.32. The molecule has 13 heavy (non-hydrogen) atoms. The van der Waals surface area contributed by atoms with Gasteiger partial charge >= 0.3 is 5.97 Å². The summed E-state index contributed by atoms with van der Waals surface area (Å²) in [5, 5.41) is 12.4. The number of aromatic nitrogens is 4. The quantitative estimate of drug-likeness (QED) is 0.721. The highest BCUT2D eigenvalue weighted by Gasteiger charge is 2.12. The van der Waals surface area contributed by atoms with E-state index in [2.05, 4.69) is 15.1 Å². The van der Waals surface area contributed by atoms with Gasteiger partial charge in [-0.2, -0.15) is 4.98 Å². The Hall–Kier alpha value is -1.69. The Balaban J connectivity index is 2.75. The first-order valence-corrected chi connectivity index (χ1v) is 3.66. The Kier molecular flexibility index (Phi) is 1.63. The summed E-state index contributed by atoms with van der Waals surface area (Å²) in [4.78, 5) is 17.9. The van der Waals surface area contributed by atoms with Crippen LogP contribution in [0.15, 0.2) is 12.4 Å². The molecule has 2 aromatic rings. The van der Waals surface area contributed by atoms with Gasteiger partial charge in [-0.25, -0.2) is 14.3 Å². The van der Waals surface area contributed by atoms with Crippen LogP contribution in [-0.4, -0.2) is 30.7 Å². The first-order valence-electron chi connectivity index (χ1n) is 3.28. The SMILES string of the molecule is O=C(O)c1nc2c(Cl)nccn2n1. The number of carboxylic acids is 1. The van der Waals surface area contributed by atoms with Gasteiger partial charge < -0.3 is 5.11 Å². The molecule has 0 saturated heterocycles. The molecule has 2 heterocycles. The summed E-state index contributed by atoms with van der Waals surface area (Å²) in [6.07, 6.45) is 2.89.